The van der Waals surface area contributed by atoms with Gasteiger partial charge in [-0.15, -0.1) is 11.3 Å². The van der Waals surface area contributed by atoms with Crippen molar-refractivity contribution < 1.29 is 29.6 Å². The monoisotopic (exact) mass is 862 g/mol. The first-order chi connectivity index (χ1) is 30.6. The second-order valence-electron chi connectivity index (χ2n) is 16.1. The standard InChI is InChI=1S/C51H50N4O7S/c56-45-21-19-43(44-20-22-47(58)54-48(44)45)46(57)30-52-28-34-11-13-38(14-12-34)49(59)53-29-42-27-39(33-63-42)37-15-17-41(18-16-37)51(61,40-9-5-2-6-10-40)50(60)62-32-36-23-25-55(26-24-36)31-35-7-3-1-4-8-35/h1-22,27,33,36,46,52,56-57,61H,23-26,28-32H2,(H,53,59)(H,54,58)/t46-,51-/m0/s1. The molecule has 1 fully saturated rings. The summed E-state index contributed by atoms with van der Waals surface area (Å²) in [6.07, 6.45) is 0.951. The third kappa shape index (κ3) is 10.3. The molecule has 2 atom stereocenters. The van der Waals surface area contributed by atoms with Crippen molar-refractivity contribution in [3.8, 4) is 16.9 Å². The Morgan fingerprint density at radius 3 is 2.24 bits per heavy atom. The summed E-state index contributed by atoms with van der Waals surface area (Å²) in [5.74, 6) is -0.738. The molecule has 1 amide bonds. The van der Waals surface area contributed by atoms with E-state index in [2.05, 4.69) is 44.8 Å². The predicted molar refractivity (Wildman–Crippen MR) is 245 cm³/mol. The van der Waals surface area contributed by atoms with E-state index >= 15 is 0 Å². The van der Waals surface area contributed by atoms with E-state index in [1.807, 2.05) is 47.8 Å². The molecule has 0 saturated carbocycles. The Labute approximate surface area is 369 Å². The summed E-state index contributed by atoms with van der Waals surface area (Å²) in [5.41, 5.74) is 4.00. The molecule has 63 heavy (non-hydrogen) atoms. The Balaban J connectivity index is 0.826. The first-order valence-electron chi connectivity index (χ1n) is 21.1. The van der Waals surface area contributed by atoms with Gasteiger partial charge in [-0.3, -0.25) is 14.5 Å². The minimum atomic E-state index is -1.98. The van der Waals surface area contributed by atoms with Crippen LogP contribution in [-0.2, 0) is 34.8 Å². The number of aromatic nitrogens is 1. The first-order valence-corrected chi connectivity index (χ1v) is 22.0. The molecule has 6 N–H and O–H groups in total. The van der Waals surface area contributed by atoms with Crippen molar-refractivity contribution in [3.63, 3.8) is 0 Å². The number of pyridine rings is 1. The second-order valence-corrected chi connectivity index (χ2v) is 17.1. The number of hydrogen-bond acceptors (Lipinski definition) is 10. The van der Waals surface area contributed by atoms with Gasteiger partial charge in [0.25, 0.3) is 5.91 Å². The number of fused-ring (bicyclic) bond motifs is 1. The number of aliphatic hydroxyl groups is 2. The molecule has 11 nitrogen and oxygen atoms in total. The van der Waals surface area contributed by atoms with Gasteiger partial charge in [0.1, 0.15) is 5.75 Å². The molecule has 12 heteroatoms. The summed E-state index contributed by atoms with van der Waals surface area (Å²) >= 11 is 1.53. The topological polar surface area (TPSA) is 164 Å². The number of nitrogens with zero attached hydrogens (tertiary/aromatic N) is 1. The number of thiophene rings is 1. The van der Waals surface area contributed by atoms with Gasteiger partial charge in [-0.1, -0.05) is 103 Å². The summed E-state index contributed by atoms with van der Waals surface area (Å²) in [6.45, 7) is 4.04. The third-order valence-electron chi connectivity index (χ3n) is 11.8. The van der Waals surface area contributed by atoms with Crippen LogP contribution in [0.2, 0.25) is 0 Å². The number of phenolic OH excluding ortho intramolecular Hbond substituents is 1. The number of nitrogens with one attached hydrogen (secondary N) is 3. The summed E-state index contributed by atoms with van der Waals surface area (Å²) < 4.78 is 5.90. The zero-order chi connectivity index (χ0) is 43.8. The molecule has 7 aromatic rings. The van der Waals surface area contributed by atoms with E-state index in [9.17, 15) is 29.7 Å². The lowest BCUT2D eigenvalue weighted by molar-refractivity contribution is -0.164. The van der Waals surface area contributed by atoms with Crippen molar-refractivity contribution in [1.29, 1.82) is 0 Å². The number of aromatic hydroxyl groups is 1. The first kappa shape index (κ1) is 43.2. The highest BCUT2D eigenvalue weighted by Gasteiger charge is 2.42. The van der Waals surface area contributed by atoms with Gasteiger partial charge in [-0.2, -0.15) is 0 Å². The van der Waals surface area contributed by atoms with Crippen LogP contribution in [0.5, 0.6) is 5.75 Å². The highest BCUT2D eigenvalue weighted by atomic mass is 32.1. The van der Waals surface area contributed by atoms with Crippen molar-refractivity contribution in [2.75, 3.05) is 26.2 Å². The molecule has 0 bridgehead atoms. The van der Waals surface area contributed by atoms with E-state index in [4.69, 9.17) is 4.74 Å². The summed E-state index contributed by atoms with van der Waals surface area (Å²) in [6, 6.07) is 42.0. The smallest absolute Gasteiger partial charge is 0.347 e. The van der Waals surface area contributed by atoms with Crippen LogP contribution >= 0.6 is 11.3 Å². The normalized spacial score (nSPS) is 14.8. The van der Waals surface area contributed by atoms with Crippen LogP contribution in [0.15, 0.2) is 150 Å². The Hall–Kier alpha value is -6.41. The molecule has 8 rings (SSSR count). The van der Waals surface area contributed by atoms with Crippen LogP contribution in [0.3, 0.4) is 0 Å². The number of aliphatic hydroxyl groups excluding tert-OH is 1. The van der Waals surface area contributed by atoms with Crippen LogP contribution in [-0.4, -0.2) is 63.3 Å². The quantitative estimate of drug-likeness (QED) is 0.0544. The van der Waals surface area contributed by atoms with E-state index < -0.39 is 17.7 Å². The number of carbonyl (C=O) groups is 2. The average Bonchev–Trinajstić information content (AvgIpc) is 3.80. The van der Waals surface area contributed by atoms with Crippen molar-refractivity contribution >= 4 is 34.1 Å². The number of piperidine rings is 1. The molecule has 2 aromatic heterocycles. The van der Waals surface area contributed by atoms with Crippen LogP contribution in [0.25, 0.3) is 22.0 Å². The Morgan fingerprint density at radius 1 is 0.810 bits per heavy atom. The lowest BCUT2D eigenvalue weighted by Crippen LogP contribution is -2.40. The fraction of sp³-hybridized carbons (Fsp3) is 0.235. The zero-order valence-corrected chi connectivity index (χ0v) is 35.5. The molecule has 0 aliphatic carbocycles. The van der Waals surface area contributed by atoms with Gasteiger partial charge in [0.2, 0.25) is 11.2 Å². The molecule has 0 spiro atoms. The Kier molecular flexibility index (Phi) is 13.6. The Bertz CT molecular complexity index is 2700. The number of aromatic amines is 1. The van der Waals surface area contributed by atoms with Crippen LogP contribution in [0.4, 0.5) is 0 Å². The van der Waals surface area contributed by atoms with Gasteiger partial charge >= 0.3 is 5.97 Å². The summed E-state index contributed by atoms with van der Waals surface area (Å²) in [7, 11) is 0. The zero-order valence-electron chi connectivity index (χ0n) is 34.7. The number of H-pyrrole nitrogens is 1. The molecular weight excluding hydrogens is 813 g/mol. The number of amides is 1. The SMILES string of the molecule is O=C(NCc1cc(-c2ccc([C@](O)(C(=O)OCC3CCN(Cc4ccccc4)CC3)c3ccccc3)cc2)cs1)c1ccc(CNC[C@H](O)c2ccc(O)c3[nH]c(=O)ccc23)cc1. The molecule has 322 valence electrons. The van der Waals surface area contributed by atoms with E-state index in [-0.39, 0.29) is 41.8 Å². The van der Waals surface area contributed by atoms with Gasteiger partial charge in [-0.05, 0) is 107 Å². The molecule has 3 heterocycles. The number of esters is 1. The number of phenols is 1. The molecule has 0 unspecified atom stereocenters. The third-order valence-corrected chi connectivity index (χ3v) is 12.7. The number of hydrogen-bond donors (Lipinski definition) is 6. The van der Waals surface area contributed by atoms with E-state index in [0.29, 0.717) is 40.7 Å². The van der Waals surface area contributed by atoms with E-state index in [1.165, 1.54) is 29.0 Å². The predicted octanol–water partition coefficient (Wildman–Crippen LogP) is 7.41. The molecular formula is C51H50N4O7S. The Morgan fingerprint density at radius 2 is 1.51 bits per heavy atom. The fourth-order valence-electron chi connectivity index (χ4n) is 8.12. The van der Waals surface area contributed by atoms with Gasteiger partial charge in [0.05, 0.1) is 24.8 Å². The molecule has 1 aliphatic rings. The van der Waals surface area contributed by atoms with E-state index in [1.54, 1.807) is 60.7 Å². The number of likely N-dealkylation sites (tertiary alicyclic amines) is 1. The number of ether oxygens (including phenoxy) is 1. The van der Waals surface area contributed by atoms with Crippen molar-refractivity contribution in [2.24, 2.45) is 5.92 Å². The number of rotatable bonds is 16. The van der Waals surface area contributed by atoms with Gasteiger partial charge in [0, 0.05) is 41.5 Å². The second kappa shape index (κ2) is 19.7. The largest absolute Gasteiger partial charge is 0.506 e. The fourth-order valence-corrected chi connectivity index (χ4v) is 8.95. The average molecular weight is 863 g/mol. The summed E-state index contributed by atoms with van der Waals surface area (Å²) in [5, 5.41) is 42.0. The minimum absolute atomic E-state index is 0.0636. The lowest BCUT2D eigenvalue weighted by Gasteiger charge is -2.33. The van der Waals surface area contributed by atoms with Crippen LogP contribution < -0.4 is 16.2 Å². The molecule has 1 saturated heterocycles. The number of benzene rings is 5. The maximum atomic E-state index is 13.8. The van der Waals surface area contributed by atoms with Crippen molar-refractivity contribution in [1.82, 2.24) is 20.5 Å². The maximum absolute atomic E-state index is 13.8. The van der Waals surface area contributed by atoms with Gasteiger partial charge < -0.3 is 35.7 Å². The maximum Gasteiger partial charge on any atom is 0.347 e. The summed E-state index contributed by atoms with van der Waals surface area (Å²) in [4.78, 5) is 44.6. The lowest BCUT2D eigenvalue weighted by atomic mass is 9.85. The van der Waals surface area contributed by atoms with Gasteiger partial charge in [0.15, 0.2) is 0 Å². The van der Waals surface area contributed by atoms with E-state index in [0.717, 1.165) is 54.0 Å². The van der Waals surface area contributed by atoms with Crippen molar-refractivity contribution in [2.45, 2.75) is 44.2 Å². The highest BCUT2D eigenvalue weighted by Crippen LogP contribution is 2.35. The van der Waals surface area contributed by atoms with Crippen LogP contribution in [0.1, 0.15) is 62.0 Å². The molecule has 0 radical (unpaired) electrons. The molecule has 1 aliphatic heterocycles. The minimum Gasteiger partial charge on any atom is -0.506 e. The van der Waals surface area contributed by atoms with Gasteiger partial charge in [-0.25, -0.2) is 4.79 Å². The number of carbonyl (C=O) groups excluding carboxylic acids is 2. The highest BCUT2D eigenvalue weighted by molar-refractivity contribution is 7.10. The van der Waals surface area contributed by atoms with Crippen LogP contribution in [0, 0.1) is 5.92 Å². The van der Waals surface area contributed by atoms with Crippen molar-refractivity contribution in [3.05, 3.63) is 194 Å². The molecule has 5 aromatic carbocycles.